The number of hydrogen-bond donors (Lipinski definition) is 0. The van der Waals surface area contributed by atoms with Crippen LogP contribution in [-0.4, -0.2) is 41.7 Å². The first-order valence-electron chi connectivity index (χ1n) is 9.35. The Bertz CT molecular complexity index is 796. The van der Waals surface area contributed by atoms with Crippen LogP contribution in [0, 0.1) is 6.92 Å². The quantitative estimate of drug-likeness (QED) is 0.741. The number of rotatable bonds is 7. The lowest BCUT2D eigenvalue weighted by atomic mass is 9.77. The first-order valence-corrected chi connectivity index (χ1v) is 9.35. The molecule has 7 heteroatoms. The molecule has 0 aliphatic heterocycles. The Morgan fingerprint density at radius 2 is 1.93 bits per heavy atom. The SMILES string of the molecule is CCN(Cc1noc(C)n1)C(=O)C1(c2ccc(OC)c(OC)c2)CCCC1. The average molecular weight is 373 g/mol. The maximum atomic E-state index is 13.6. The number of methoxy groups -OCH3 is 2. The number of aryl methyl sites for hydroxylation is 1. The highest BCUT2D eigenvalue weighted by Gasteiger charge is 2.45. The molecule has 1 fully saturated rings. The Hall–Kier alpha value is -2.57. The molecule has 0 atom stereocenters. The molecule has 0 unspecified atom stereocenters. The van der Waals surface area contributed by atoms with Crippen LogP contribution in [0.15, 0.2) is 22.7 Å². The number of carbonyl (C=O) groups excluding carboxylic acids is 1. The van der Waals surface area contributed by atoms with Crippen LogP contribution in [0.4, 0.5) is 0 Å². The van der Waals surface area contributed by atoms with Gasteiger partial charge in [0.15, 0.2) is 17.3 Å². The molecule has 0 spiro atoms. The Kier molecular flexibility index (Phi) is 5.68. The molecule has 1 heterocycles. The van der Waals surface area contributed by atoms with E-state index in [9.17, 15) is 4.79 Å². The minimum Gasteiger partial charge on any atom is -0.493 e. The van der Waals surface area contributed by atoms with E-state index in [1.165, 1.54) is 0 Å². The predicted octanol–water partition coefficient (Wildman–Crippen LogP) is 3.26. The normalized spacial score (nSPS) is 15.6. The van der Waals surface area contributed by atoms with Crippen LogP contribution >= 0.6 is 0 Å². The molecule has 2 aromatic rings. The summed E-state index contributed by atoms with van der Waals surface area (Å²) < 4.78 is 15.9. The van der Waals surface area contributed by atoms with Gasteiger partial charge in [-0.3, -0.25) is 4.79 Å². The lowest BCUT2D eigenvalue weighted by Gasteiger charge is -2.34. The highest BCUT2D eigenvalue weighted by molar-refractivity contribution is 5.89. The van der Waals surface area contributed by atoms with Crippen molar-refractivity contribution in [2.75, 3.05) is 20.8 Å². The molecular weight excluding hydrogens is 346 g/mol. The lowest BCUT2D eigenvalue weighted by Crippen LogP contribution is -2.45. The van der Waals surface area contributed by atoms with Gasteiger partial charge in [0.25, 0.3) is 0 Å². The van der Waals surface area contributed by atoms with Crippen LogP contribution in [-0.2, 0) is 16.8 Å². The fourth-order valence-electron chi connectivity index (χ4n) is 3.94. The number of amides is 1. The van der Waals surface area contributed by atoms with Crippen LogP contribution in [0.25, 0.3) is 0 Å². The molecule has 146 valence electrons. The van der Waals surface area contributed by atoms with Crippen molar-refractivity contribution in [3.8, 4) is 11.5 Å². The molecule has 0 saturated heterocycles. The van der Waals surface area contributed by atoms with Gasteiger partial charge in [0, 0.05) is 13.5 Å². The Morgan fingerprint density at radius 1 is 1.22 bits per heavy atom. The van der Waals surface area contributed by atoms with Crippen LogP contribution < -0.4 is 9.47 Å². The van der Waals surface area contributed by atoms with Crippen LogP contribution in [0.2, 0.25) is 0 Å². The van der Waals surface area contributed by atoms with Gasteiger partial charge in [-0.05, 0) is 37.5 Å². The van der Waals surface area contributed by atoms with Crippen LogP contribution in [0.3, 0.4) is 0 Å². The summed E-state index contributed by atoms with van der Waals surface area (Å²) >= 11 is 0. The second-order valence-electron chi connectivity index (χ2n) is 6.91. The highest BCUT2D eigenvalue weighted by atomic mass is 16.5. The molecule has 7 nitrogen and oxygen atoms in total. The summed E-state index contributed by atoms with van der Waals surface area (Å²) in [6, 6.07) is 5.80. The van der Waals surface area contributed by atoms with Gasteiger partial charge in [0.1, 0.15) is 0 Å². The van der Waals surface area contributed by atoms with Gasteiger partial charge in [-0.15, -0.1) is 0 Å². The van der Waals surface area contributed by atoms with Crippen molar-refractivity contribution in [3.05, 3.63) is 35.5 Å². The Morgan fingerprint density at radius 3 is 2.48 bits per heavy atom. The number of likely N-dealkylation sites (N-methyl/N-ethyl adjacent to an activating group) is 1. The van der Waals surface area contributed by atoms with Crippen LogP contribution in [0.1, 0.15) is 49.9 Å². The fourth-order valence-corrected chi connectivity index (χ4v) is 3.94. The van der Waals surface area contributed by atoms with Crippen molar-refractivity contribution in [3.63, 3.8) is 0 Å². The van der Waals surface area contributed by atoms with Gasteiger partial charge < -0.3 is 18.9 Å². The molecule has 1 amide bonds. The van der Waals surface area contributed by atoms with Gasteiger partial charge in [-0.1, -0.05) is 24.1 Å². The standard InChI is InChI=1S/C20H27N3O4/c1-5-23(13-18-21-14(2)27-22-18)19(24)20(10-6-7-11-20)15-8-9-16(25-3)17(12-15)26-4/h8-9,12H,5-7,10-11,13H2,1-4H3. The highest BCUT2D eigenvalue weighted by Crippen LogP contribution is 2.45. The van der Waals surface area contributed by atoms with E-state index in [0.717, 1.165) is 31.2 Å². The lowest BCUT2D eigenvalue weighted by molar-refractivity contribution is -0.138. The van der Waals surface area contributed by atoms with E-state index in [0.29, 0.717) is 36.3 Å². The van der Waals surface area contributed by atoms with Gasteiger partial charge >= 0.3 is 0 Å². The van der Waals surface area contributed by atoms with Gasteiger partial charge in [0.2, 0.25) is 11.8 Å². The zero-order valence-corrected chi connectivity index (χ0v) is 16.4. The predicted molar refractivity (Wildman–Crippen MR) is 99.8 cm³/mol. The third kappa shape index (κ3) is 3.63. The molecule has 1 saturated carbocycles. The molecule has 1 aromatic heterocycles. The van der Waals surface area contributed by atoms with Crippen molar-refractivity contribution in [2.24, 2.45) is 0 Å². The van der Waals surface area contributed by atoms with Gasteiger partial charge in [-0.25, -0.2) is 0 Å². The molecule has 3 rings (SSSR count). The molecular formula is C20H27N3O4. The van der Waals surface area contributed by atoms with E-state index in [-0.39, 0.29) is 5.91 Å². The third-order valence-electron chi connectivity index (χ3n) is 5.37. The molecule has 1 aliphatic carbocycles. The first kappa shape index (κ1) is 19.2. The number of benzene rings is 1. The average Bonchev–Trinajstić information content (AvgIpc) is 3.34. The second-order valence-corrected chi connectivity index (χ2v) is 6.91. The van der Waals surface area contributed by atoms with E-state index in [2.05, 4.69) is 10.1 Å². The zero-order chi connectivity index (χ0) is 19.4. The van der Waals surface area contributed by atoms with Crippen molar-refractivity contribution in [1.82, 2.24) is 15.0 Å². The number of carbonyl (C=O) groups is 1. The summed E-state index contributed by atoms with van der Waals surface area (Å²) in [6.07, 6.45) is 3.70. The van der Waals surface area contributed by atoms with Crippen molar-refractivity contribution in [2.45, 2.75) is 51.5 Å². The summed E-state index contributed by atoms with van der Waals surface area (Å²) in [6.45, 7) is 4.65. The topological polar surface area (TPSA) is 77.7 Å². The fraction of sp³-hybridized carbons (Fsp3) is 0.550. The van der Waals surface area contributed by atoms with E-state index < -0.39 is 5.41 Å². The monoisotopic (exact) mass is 373 g/mol. The van der Waals surface area contributed by atoms with E-state index in [4.69, 9.17) is 14.0 Å². The molecule has 1 aliphatic rings. The zero-order valence-electron chi connectivity index (χ0n) is 16.4. The molecule has 0 radical (unpaired) electrons. The van der Waals surface area contributed by atoms with E-state index in [1.807, 2.05) is 30.0 Å². The third-order valence-corrected chi connectivity index (χ3v) is 5.37. The van der Waals surface area contributed by atoms with E-state index >= 15 is 0 Å². The number of nitrogens with zero attached hydrogens (tertiary/aromatic N) is 3. The van der Waals surface area contributed by atoms with Crippen molar-refractivity contribution in [1.29, 1.82) is 0 Å². The van der Waals surface area contributed by atoms with E-state index in [1.54, 1.807) is 21.1 Å². The molecule has 0 N–H and O–H groups in total. The maximum Gasteiger partial charge on any atom is 0.233 e. The molecule has 27 heavy (non-hydrogen) atoms. The summed E-state index contributed by atoms with van der Waals surface area (Å²) in [5.74, 6) is 2.45. The summed E-state index contributed by atoms with van der Waals surface area (Å²) in [5, 5.41) is 3.94. The minimum absolute atomic E-state index is 0.108. The Balaban J connectivity index is 1.94. The smallest absolute Gasteiger partial charge is 0.233 e. The first-order chi connectivity index (χ1) is 13.0. The van der Waals surface area contributed by atoms with Gasteiger partial charge in [-0.2, -0.15) is 4.98 Å². The largest absolute Gasteiger partial charge is 0.493 e. The summed E-state index contributed by atoms with van der Waals surface area (Å²) in [5.41, 5.74) is 0.430. The van der Waals surface area contributed by atoms with Crippen molar-refractivity contribution < 1.29 is 18.8 Å². The number of ether oxygens (including phenoxy) is 2. The van der Waals surface area contributed by atoms with Crippen LogP contribution in [0.5, 0.6) is 11.5 Å². The maximum absolute atomic E-state index is 13.6. The summed E-state index contributed by atoms with van der Waals surface area (Å²) in [7, 11) is 3.22. The number of aromatic nitrogens is 2. The molecule has 1 aromatic carbocycles. The molecule has 0 bridgehead atoms. The van der Waals surface area contributed by atoms with Gasteiger partial charge in [0.05, 0.1) is 26.2 Å². The minimum atomic E-state index is -0.547. The van der Waals surface area contributed by atoms with Crippen molar-refractivity contribution >= 4 is 5.91 Å². The Labute approximate surface area is 159 Å². The summed E-state index contributed by atoms with van der Waals surface area (Å²) in [4.78, 5) is 19.7. The number of hydrogen-bond acceptors (Lipinski definition) is 6. The second kappa shape index (κ2) is 7.98.